The maximum absolute atomic E-state index is 5.90. The van der Waals surface area contributed by atoms with Crippen molar-refractivity contribution >= 4 is 31.1 Å². The van der Waals surface area contributed by atoms with E-state index >= 15 is 0 Å². The van der Waals surface area contributed by atoms with Crippen molar-refractivity contribution in [2.75, 3.05) is 7.05 Å². The van der Waals surface area contributed by atoms with Crippen molar-refractivity contribution in [1.29, 1.82) is 0 Å². The Hall–Kier alpha value is -1.03. The molecule has 0 aromatic carbocycles. The van der Waals surface area contributed by atoms with Crippen LogP contribution in [0, 0.1) is 0 Å². The third-order valence-electron chi connectivity index (χ3n) is 3.35. The van der Waals surface area contributed by atoms with Crippen LogP contribution in [-0.4, -0.2) is 37.5 Å². The molecule has 0 unspecified atom stereocenters. The predicted octanol–water partition coefficient (Wildman–Crippen LogP) is 2.68. The van der Waals surface area contributed by atoms with Crippen molar-refractivity contribution < 1.29 is 0 Å². The van der Waals surface area contributed by atoms with E-state index in [1.54, 1.807) is 7.05 Å². The normalized spacial score (nSPS) is 23.6. The Morgan fingerprint density at radius 2 is 2.06 bits per heavy atom. The van der Waals surface area contributed by atoms with Crippen molar-refractivity contribution in [3.63, 3.8) is 0 Å². The first-order valence-corrected chi connectivity index (χ1v) is 6.39. The van der Waals surface area contributed by atoms with Crippen molar-refractivity contribution in [3.05, 3.63) is 23.9 Å². The van der Waals surface area contributed by atoms with E-state index in [9.17, 15) is 0 Å². The molecule has 3 nitrogen and oxygen atoms in total. The van der Waals surface area contributed by atoms with E-state index in [-0.39, 0.29) is 13.7 Å². The van der Waals surface area contributed by atoms with Crippen LogP contribution >= 0.6 is 11.6 Å². The monoisotopic (exact) mass is 263 g/mol. The van der Waals surface area contributed by atoms with Gasteiger partial charge in [0.15, 0.2) is 0 Å². The molecular formula is C13H19BClN3. The number of halogens is 1. The number of amidine groups is 2. The average Bonchev–Trinajstić information content (AvgIpc) is 2.88. The molecule has 0 aromatic rings. The van der Waals surface area contributed by atoms with Gasteiger partial charge in [-0.1, -0.05) is 19.4 Å². The molecule has 1 aliphatic carbocycles. The zero-order chi connectivity index (χ0) is 12.4. The first kappa shape index (κ1) is 15.0. The Bertz CT molecular complexity index is 420. The molecule has 0 spiro atoms. The lowest BCUT2D eigenvalue weighted by atomic mass is 10.2. The number of allylic oxidation sites excluding steroid dienone is 1. The molecule has 1 heterocycles. The first-order chi connectivity index (χ1) is 8.13. The third-order valence-corrected chi connectivity index (χ3v) is 3.60. The van der Waals surface area contributed by atoms with Gasteiger partial charge in [0, 0.05) is 32.8 Å². The van der Waals surface area contributed by atoms with Crippen LogP contribution in [0.3, 0.4) is 0 Å². The van der Waals surface area contributed by atoms with Crippen molar-refractivity contribution in [2.45, 2.75) is 38.6 Å². The molecule has 0 N–H and O–H groups in total. The highest BCUT2D eigenvalue weighted by molar-refractivity contribution is 6.65. The largest absolute Gasteiger partial charge is 0.327 e. The third kappa shape index (κ3) is 2.86. The number of aliphatic imine (C=N–C) groups is 2. The zero-order valence-corrected chi connectivity index (χ0v) is 11.9. The van der Waals surface area contributed by atoms with Crippen LogP contribution in [0.1, 0.15) is 32.6 Å². The van der Waals surface area contributed by atoms with Gasteiger partial charge < -0.3 is 4.90 Å². The Morgan fingerprint density at radius 1 is 1.44 bits per heavy atom. The molecule has 0 bridgehead atoms. The minimum absolute atomic E-state index is 0. The molecule has 96 valence electrons. The topological polar surface area (TPSA) is 28.0 Å². The molecule has 0 atom stereocenters. The lowest BCUT2D eigenvalue weighted by molar-refractivity contribution is 0.388. The fraction of sp³-hybridized carbons (Fsp3) is 0.538. The molecular weight excluding hydrogens is 244 g/mol. The van der Waals surface area contributed by atoms with E-state index in [1.807, 2.05) is 0 Å². The second-order valence-corrected chi connectivity index (χ2v) is 4.89. The molecule has 2 aliphatic rings. The van der Waals surface area contributed by atoms with Gasteiger partial charge in [-0.3, -0.25) is 4.99 Å². The summed E-state index contributed by atoms with van der Waals surface area (Å²) in [6.45, 7) is 6.13. The number of hydrogen-bond acceptors (Lipinski definition) is 1. The Labute approximate surface area is 116 Å². The van der Waals surface area contributed by atoms with E-state index in [0.29, 0.717) is 6.04 Å². The summed E-state index contributed by atoms with van der Waals surface area (Å²) in [4.78, 5) is 10.5. The van der Waals surface area contributed by atoms with Crippen LogP contribution in [0.25, 0.3) is 0 Å². The summed E-state index contributed by atoms with van der Waals surface area (Å²) >= 11 is 5.90. The van der Waals surface area contributed by atoms with E-state index < -0.39 is 0 Å². The molecule has 0 aromatic heterocycles. The summed E-state index contributed by atoms with van der Waals surface area (Å²) in [6.07, 6.45) is 7.10. The van der Waals surface area contributed by atoms with Gasteiger partial charge in [0.2, 0.25) is 5.29 Å². The van der Waals surface area contributed by atoms with Gasteiger partial charge in [-0.05, 0) is 37.4 Å². The average molecular weight is 264 g/mol. The first-order valence-electron chi connectivity index (χ1n) is 6.01. The van der Waals surface area contributed by atoms with E-state index in [2.05, 4.69) is 34.5 Å². The van der Waals surface area contributed by atoms with Crippen LogP contribution in [-0.2, 0) is 0 Å². The van der Waals surface area contributed by atoms with E-state index in [0.717, 1.165) is 11.4 Å². The van der Waals surface area contributed by atoms with E-state index in [4.69, 9.17) is 11.6 Å². The molecule has 1 aliphatic heterocycles. The van der Waals surface area contributed by atoms with Crippen molar-refractivity contribution in [2.24, 2.45) is 9.98 Å². The lowest BCUT2D eigenvalue weighted by Gasteiger charge is -2.28. The highest BCUT2D eigenvalue weighted by atomic mass is 35.5. The van der Waals surface area contributed by atoms with Gasteiger partial charge in [0.25, 0.3) is 0 Å². The van der Waals surface area contributed by atoms with Crippen molar-refractivity contribution in [3.8, 4) is 0 Å². The van der Waals surface area contributed by atoms with Gasteiger partial charge in [-0.15, -0.1) is 0 Å². The number of rotatable bonds is 1. The van der Waals surface area contributed by atoms with Crippen LogP contribution in [0.15, 0.2) is 33.9 Å². The summed E-state index contributed by atoms with van der Waals surface area (Å²) < 4.78 is 0. The second-order valence-electron chi connectivity index (χ2n) is 4.55. The summed E-state index contributed by atoms with van der Waals surface area (Å²) in [7, 11) is 1.64. The van der Waals surface area contributed by atoms with Gasteiger partial charge in [0.1, 0.15) is 5.84 Å². The molecule has 2 rings (SSSR count). The Balaban J connectivity index is 0.00000162. The molecule has 18 heavy (non-hydrogen) atoms. The highest BCUT2D eigenvalue weighted by Crippen LogP contribution is 2.32. The fourth-order valence-electron chi connectivity index (χ4n) is 2.59. The van der Waals surface area contributed by atoms with Crippen LogP contribution in [0.2, 0.25) is 0 Å². The van der Waals surface area contributed by atoms with Crippen LogP contribution in [0.5, 0.6) is 0 Å². The molecule has 1 saturated carbocycles. The van der Waals surface area contributed by atoms with Crippen molar-refractivity contribution in [1.82, 2.24) is 4.90 Å². The Kier molecular flexibility index (Phi) is 5.21. The number of hydrogen-bond donors (Lipinski definition) is 0. The minimum Gasteiger partial charge on any atom is -0.327 e. The summed E-state index contributed by atoms with van der Waals surface area (Å²) in [5.41, 5.74) is 2.14. The molecule has 0 amide bonds. The standard InChI is InChI=1S/C13H18ClN3.BH/c1-9-8-10(2)17(11-6-4-5-7-11)12(9)16-13(14)15-3;/h8,11H,1,4-7H2,2-3H3;1H/b15-13?,16-12+;. The molecule has 2 radical (unpaired) electrons. The van der Waals surface area contributed by atoms with Gasteiger partial charge in [-0.25, -0.2) is 4.99 Å². The van der Waals surface area contributed by atoms with Crippen LogP contribution < -0.4 is 0 Å². The summed E-state index contributed by atoms with van der Waals surface area (Å²) in [5, 5.41) is 0.284. The van der Waals surface area contributed by atoms with Gasteiger partial charge >= 0.3 is 0 Å². The van der Waals surface area contributed by atoms with E-state index in [1.165, 1.54) is 31.4 Å². The molecule has 5 heteroatoms. The Morgan fingerprint density at radius 3 is 2.61 bits per heavy atom. The minimum atomic E-state index is 0. The maximum Gasteiger partial charge on any atom is 0.219 e. The highest BCUT2D eigenvalue weighted by Gasteiger charge is 2.31. The summed E-state index contributed by atoms with van der Waals surface area (Å²) in [5.74, 6) is 0.866. The zero-order valence-electron chi connectivity index (χ0n) is 11.1. The van der Waals surface area contributed by atoms with Gasteiger partial charge in [0.05, 0.1) is 0 Å². The predicted molar refractivity (Wildman–Crippen MR) is 80.8 cm³/mol. The molecule has 0 saturated heterocycles. The van der Waals surface area contributed by atoms with Crippen LogP contribution in [0.4, 0.5) is 0 Å². The number of nitrogens with zero attached hydrogens (tertiary/aromatic N) is 3. The molecule has 1 fully saturated rings. The maximum atomic E-state index is 5.90. The fourth-order valence-corrected chi connectivity index (χ4v) is 2.67. The smallest absolute Gasteiger partial charge is 0.219 e. The quantitative estimate of drug-likeness (QED) is 0.309. The second kappa shape index (κ2) is 6.23. The summed E-state index contributed by atoms with van der Waals surface area (Å²) in [6, 6.07) is 0.547. The lowest BCUT2D eigenvalue weighted by Crippen LogP contribution is -2.34. The SMILES string of the molecule is C=C1C=C(C)N(C2CCCC2)/C1=N/C(Cl)=NC.[BH]. The van der Waals surface area contributed by atoms with Gasteiger partial charge in [-0.2, -0.15) is 0 Å².